The van der Waals surface area contributed by atoms with E-state index in [0.717, 1.165) is 37.1 Å². The van der Waals surface area contributed by atoms with Crippen molar-refractivity contribution in [1.29, 1.82) is 0 Å². The Bertz CT molecular complexity index is 771. The van der Waals surface area contributed by atoms with Crippen LogP contribution in [0.25, 0.3) is 5.57 Å². The number of carbonyl (C=O) groups excluding carboxylic acids is 2. The minimum Gasteiger partial charge on any atom is -0.366 e. The molecule has 1 aromatic rings. The van der Waals surface area contributed by atoms with Crippen LogP contribution in [0.3, 0.4) is 0 Å². The molecule has 164 valence electrons. The average molecular weight is 411 g/mol. The number of rotatable bonds is 9. The molecule has 0 bridgehead atoms. The Morgan fingerprint density at radius 1 is 0.867 bits per heavy atom. The van der Waals surface area contributed by atoms with Crippen molar-refractivity contribution in [3.05, 3.63) is 41.1 Å². The largest absolute Gasteiger partial charge is 0.366 e. The summed E-state index contributed by atoms with van der Waals surface area (Å²) in [5.41, 5.74) is 3.26. The second-order valence-corrected chi connectivity index (χ2v) is 9.47. The zero-order valence-electron chi connectivity index (χ0n) is 19.2. The van der Waals surface area contributed by atoms with E-state index in [1.165, 1.54) is 37.0 Å². The van der Waals surface area contributed by atoms with E-state index in [4.69, 9.17) is 0 Å². The number of piperidine rings is 1. The Hall–Kier alpha value is -2.10. The van der Waals surface area contributed by atoms with Gasteiger partial charge in [-0.25, -0.2) is 0 Å². The summed E-state index contributed by atoms with van der Waals surface area (Å²) in [6.07, 6.45) is 8.04. The van der Waals surface area contributed by atoms with Gasteiger partial charge in [-0.05, 0) is 37.2 Å². The number of carbonyl (C=O) groups is 2. The fraction of sp³-hybridized carbons (Fsp3) is 0.615. The lowest BCUT2D eigenvalue weighted by Gasteiger charge is -2.37. The van der Waals surface area contributed by atoms with Crippen LogP contribution in [0.1, 0.15) is 76.8 Å². The second-order valence-electron chi connectivity index (χ2n) is 9.47. The summed E-state index contributed by atoms with van der Waals surface area (Å²) in [5.74, 6) is 0.843. The highest BCUT2D eigenvalue weighted by atomic mass is 16.2. The Balaban J connectivity index is 1.83. The topological polar surface area (TPSA) is 40.6 Å². The average Bonchev–Trinajstić information content (AvgIpc) is 2.95. The maximum atomic E-state index is 13.5. The van der Waals surface area contributed by atoms with Crippen molar-refractivity contribution >= 4 is 17.4 Å². The molecule has 2 aliphatic rings. The first-order chi connectivity index (χ1) is 14.4. The van der Waals surface area contributed by atoms with Crippen LogP contribution < -0.4 is 0 Å². The summed E-state index contributed by atoms with van der Waals surface area (Å²) in [4.78, 5) is 30.6. The molecule has 1 saturated heterocycles. The molecule has 2 atom stereocenters. The molecule has 2 amide bonds. The first-order valence-electron chi connectivity index (χ1n) is 11.8. The Labute approximate surface area is 182 Å². The molecule has 2 aliphatic heterocycles. The molecule has 30 heavy (non-hydrogen) atoms. The lowest BCUT2D eigenvalue weighted by Crippen LogP contribution is -2.42. The van der Waals surface area contributed by atoms with E-state index in [-0.39, 0.29) is 11.8 Å². The Morgan fingerprint density at radius 2 is 1.47 bits per heavy atom. The normalized spacial score (nSPS) is 22.4. The predicted octanol–water partition coefficient (Wildman–Crippen LogP) is 5.41. The molecule has 3 rings (SSSR count). The number of amides is 2. The first-order valence-corrected chi connectivity index (χ1v) is 11.8. The molecule has 4 heteroatoms. The van der Waals surface area contributed by atoms with Crippen LogP contribution in [0.15, 0.2) is 30.0 Å². The Morgan fingerprint density at radius 3 is 2.10 bits per heavy atom. The SMILES string of the molecule is CCCCCCCCN1C(=O)C(c2ccc(C)cc2)=C(N2CC(C)CC(C)C2)C1=O. The monoisotopic (exact) mass is 410 g/mol. The summed E-state index contributed by atoms with van der Waals surface area (Å²) in [5, 5.41) is 0. The molecule has 0 radical (unpaired) electrons. The van der Waals surface area contributed by atoms with E-state index in [2.05, 4.69) is 25.7 Å². The minimum absolute atomic E-state index is 0.0922. The van der Waals surface area contributed by atoms with Crippen molar-refractivity contribution in [2.75, 3.05) is 19.6 Å². The number of benzene rings is 1. The molecule has 4 nitrogen and oxygen atoms in total. The van der Waals surface area contributed by atoms with E-state index in [1.54, 1.807) is 0 Å². The molecule has 0 aliphatic carbocycles. The predicted molar refractivity (Wildman–Crippen MR) is 123 cm³/mol. The summed E-state index contributed by atoms with van der Waals surface area (Å²) >= 11 is 0. The summed E-state index contributed by atoms with van der Waals surface area (Å²) < 4.78 is 0. The third-order valence-electron chi connectivity index (χ3n) is 6.40. The standard InChI is InChI=1S/C26H38N2O2/c1-5-6-7-8-9-10-15-28-25(29)23(22-13-11-19(2)12-14-22)24(26(28)30)27-17-20(3)16-21(4)18-27/h11-14,20-21H,5-10,15-18H2,1-4H3. The van der Waals surface area contributed by atoms with Crippen LogP contribution in [-0.2, 0) is 9.59 Å². The molecule has 2 heterocycles. The van der Waals surface area contributed by atoms with Gasteiger partial charge in [0.1, 0.15) is 5.70 Å². The molecule has 0 saturated carbocycles. The van der Waals surface area contributed by atoms with Crippen molar-refractivity contribution in [3.8, 4) is 0 Å². The van der Waals surface area contributed by atoms with Crippen molar-refractivity contribution in [2.24, 2.45) is 11.8 Å². The van der Waals surface area contributed by atoms with Crippen molar-refractivity contribution in [3.63, 3.8) is 0 Å². The van der Waals surface area contributed by atoms with Gasteiger partial charge in [0.2, 0.25) is 0 Å². The number of imide groups is 1. The van der Waals surface area contributed by atoms with E-state index >= 15 is 0 Å². The molecule has 0 aromatic heterocycles. The van der Waals surface area contributed by atoms with E-state index in [9.17, 15) is 9.59 Å². The number of hydrogen-bond donors (Lipinski definition) is 0. The van der Waals surface area contributed by atoms with E-state index in [0.29, 0.717) is 29.7 Å². The number of aryl methyl sites for hydroxylation is 1. The molecule has 0 spiro atoms. The van der Waals surface area contributed by atoms with Gasteiger partial charge in [-0.3, -0.25) is 14.5 Å². The van der Waals surface area contributed by atoms with Crippen LogP contribution in [0.2, 0.25) is 0 Å². The molecule has 0 N–H and O–H groups in total. The van der Waals surface area contributed by atoms with Crippen LogP contribution in [0.5, 0.6) is 0 Å². The van der Waals surface area contributed by atoms with E-state index in [1.807, 2.05) is 31.2 Å². The summed E-state index contributed by atoms with van der Waals surface area (Å²) in [6.45, 7) is 11.0. The summed E-state index contributed by atoms with van der Waals surface area (Å²) in [7, 11) is 0. The molecule has 1 fully saturated rings. The van der Waals surface area contributed by atoms with Gasteiger partial charge >= 0.3 is 0 Å². The number of nitrogens with zero attached hydrogens (tertiary/aromatic N) is 2. The van der Waals surface area contributed by atoms with Crippen LogP contribution >= 0.6 is 0 Å². The molecule has 1 aromatic carbocycles. The lowest BCUT2D eigenvalue weighted by molar-refractivity contribution is -0.137. The fourth-order valence-electron chi connectivity index (χ4n) is 4.94. The molecular formula is C26H38N2O2. The number of hydrogen-bond acceptors (Lipinski definition) is 3. The summed E-state index contributed by atoms with van der Waals surface area (Å²) in [6, 6.07) is 8.02. The lowest BCUT2D eigenvalue weighted by atomic mass is 9.91. The van der Waals surface area contributed by atoms with Gasteiger partial charge in [-0.15, -0.1) is 0 Å². The highest BCUT2D eigenvalue weighted by Gasteiger charge is 2.42. The van der Waals surface area contributed by atoms with Crippen molar-refractivity contribution in [2.45, 2.75) is 72.6 Å². The highest BCUT2D eigenvalue weighted by molar-refractivity contribution is 6.35. The quantitative estimate of drug-likeness (QED) is 0.403. The van der Waals surface area contributed by atoms with Gasteiger partial charge in [0, 0.05) is 19.6 Å². The van der Waals surface area contributed by atoms with Gasteiger partial charge in [0.25, 0.3) is 11.8 Å². The number of unbranched alkanes of at least 4 members (excludes halogenated alkanes) is 5. The minimum atomic E-state index is -0.113. The van der Waals surface area contributed by atoms with E-state index < -0.39 is 0 Å². The van der Waals surface area contributed by atoms with Gasteiger partial charge in [0.15, 0.2) is 0 Å². The van der Waals surface area contributed by atoms with Gasteiger partial charge < -0.3 is 4.90 Å². The van der Waals surface area contributed by atoms with Crippen molar-refractivity contribution in [1.82, 2.24) is 9.80 Å². The third-order valence-corrected chi connectivity index (χ3v) is 6.40. The maximum Gasteiger partial charge on any atom is 0.277 e. The second kappa shape index (κ2) is 10.3. The maximum absolute atomic E-state index is 13.5. The first kappa shape index (κ1) is 22.6. The smallest absolute Gasteiger partial charge is 0.277 e. The fourth-order valence-corrected chi connectivity index (χ4v) is 4.94. The van der Waals surface area contributed by atoms with Gasteiger partial charge in [0.05, 0.1) is 5.57 Å². The molecule has 2 unspecified atom stereocenters. The van der Waals surface area contributed by atoms with Crippen molar-refractivity contribution < 1.29 is 9.59 Å². The molecular weight excluding hydrogens is 372 g/mol. The number of likely N-dealkylation sites (tertiary alicyclic amines) is 1. The highest BCUT2D eigenvalue weighted by Crippen LogP contribution is 2.35. The Kier molecular flexibility index (Phi) is 7.74. The third kappa shape index (κ3) is 5.14. The van der Waals surface area contributed by atoms with Gasteiger partial charge in [-0.2, -0.15) is 0 Å². The zero-order chi connectivity index (χ0) is 21.7. The van der Waals surface area contributed by atoms with Crippen LogP contribution in [0.4, 0.5) is 0 Å². The van der Waals surface area contributed by atoms with Gasteiger partial charge in [-0.1, -0.05) is 82.7 Å². The zero-order valence-corrected chi connectivity index (χ0v) is 19.2. The van der Waals surface area contributed by atoms with Crippen LogP contribution in [0, 0.1) is 18.8 Å². The van der Waals surface area contributed by atoms with Crippen LogP contribution in [-0.4, -0.2) is 41.2 Å².